The first-order valence-corrected chi connectivity index (χ1v) is 8.63. The second-order valence-corrected chi connectivity index (χ2v) is 6.05. The van der Waals surface area contributed by atoms with Gasteiger partial charge in [-0.25, -0.2) is 0 Å². The maximum absolute atomic E-state index is 12.2. The summed E-state index contributed by atoms with van der Waals surface area (Å²) in [6, 6.07) is 24.4. The fourth-order valence-corrected chi connectivity index (χ4v) is 2.67. The Morgan fingerprint density at radius 3 is 2.04 bits per heavy atom. The lowest BCUT2D eigenvalue weighted by Crippen LogP contribution is -2.15. The fourth-order valence-electron chi connectivity index (χ4n) is 2.67. The second kappa shape index (κ2) is 8.81. The number of hydrogen-bond donors (Lipinski definition) is 0. The molecule has 0 unspecified atom stereocenters. The molecular weight excluding hydrogens is 340 g/mol. The third-order valence-electron chi connectivity index (χ3n) is 4.19. The summed E-state index contributed by atoms with van der Waals surface area (Å²) >= 11 is 0. The Balaban J connectivity index is 1.53. The van der Waals surface area contributed by atoms with Gasteiger partial charge < -0.3 is 9.47 Å². The minimum atomic E-state index is -0.436. The lowest BCUT2D eigenvalue weighted by molar-refractivity contribution is -0.141. The monoisotopic (exact) mass is 360 g/mol. The molecule has 3 rings (SSSR count). The highest BCUT2D eigenvalue weighted by Crippen LogP contribution is 2.19. The minimum Gasteiger partial charge on any atom is -0.497 e. The van der Waals surface area contributed by atoms with Gasteiger partial charge in [0.25, 0.3) is 0 Å². The van der Waals surface area contributed by atoms with Gasteiger partial charge in [-0.15, -0.1) is 0 Å². The second-order valence-electron chi connectivity index (χ2n) is 6.05. The van der Waals surface area contributed by atoms with Crippen LogP contribution in [0.4, 0.5) is 0 Å². The molecule has 0 aromatic heterocycles. The van der Waals surface area contributed by atoms with Gasteiger partial charge in [0.05, 0.1) is 13.5 Å². The Labute approximate surface area is 158 Å². The molecule has 0 aliphatic carbocycles. The van der Waals surface area contributed by atoms with Gasteiger partial charge >= 0.3 is 5.97 Å². The molecule has 0 radical (unpaired) electrons. The van der Waals surface area contributed by atoms with Crippen LogP contribution in [0.5, 0.6) is 5.75 Å². The number of ether oxygens (including phenoxy) is 2. The summed E-state index contributed by atoms with van der Waals surface area (Å²) in [5.74, 6) is 0.0633. The standard InChI is InChI=1S/C23H20O4/c1-26-21-13-7-17(8-14-21)15-23(25)27-16-22(24)20-11-9-19(10-12-20)18-5-3-2-4-6-18/h2-14H,15-16H2,1H3. The van der Waals surface area contributed by atoms with Crippen molar-refractivity contribution in [1.29, 1.82) is 0 Å². The number of methoxy groups -OCH3 is 1. The summed E-state index contributed by atoms with van der Waals surface area (Å²) < 4.78 is 10.2. The molecule has 3 aromatic carbocycles. The topological polar surface area (TPSA) is 52.6 Å². The number of Topliss-reactive ketones (excluding diaryl/α,β-unsaturated/α-hetero) is 1. The summed E-state index contributed by atoms with van der Waals surface area (Å²) in [6.07, 6.45) is 0.115. The number of hydrogen-bond acceptors (Lipinski definition) is 4. The number of ketones is 1. The molecule has 0 saturated carbocycles. The van der Waals surface area contributed by atoms with Gasteiger partial charge in [0.1, 0.15) is 5.75 Å². The Morgan fingerprint density at radius 2 is 1.41 bits per heavy atom. The molecule has 0 amide bonds. The van der Waals surface area contributed by atoms with Crippen molar-refractivity contribution in [3.63, 3.8) is 0 Å². The van der Waals surface area contributed by atoms with Gasteiger partial charge in [-0.3, -0.25) is 9.59 Å². The van der Waals surface area contributed by atoms with E-state index < -0.39 is 5.97 Å². The van der Waals surface area contributed by atoms with Crippen LogP contribution in [-0.2, 0) is 16.0 Å². The summed E-state index contributed by atoms with van der Waals surface area (Å²) in [6.45, 7) is -0.264. The van der Waals surface area contributed by atoms with Crippen molar-refractivity contribution in [3.8, 4) is 16.9 Å². The number of rotatable bonds is 7. The van der Waals surface area contributed by atoms with E-state index >= 15 is 0 Å². The van der Waals surface area contributed by atoms with Crippen LogP contribution in [0.3, 0.4) is 0 Å². The Bertz CT molecular complexity index is 897. The van der Waals surface area contributed by atoms with E-state index in [2.05, 4.69) is 0 Å². The van der Waals surface area contributed by atoms with Crippen LogP contribution >= 0.6 is 0 Å². The number of benzene rings is 3. The lowest BCUT2D eigenvalue weighted by Gasteiger charge is -2.06. The van der Waals surface area contributed by atoms with E-state index in [0.29, 0.717) is 5.56 Å². The summed E-state index contributed by atoms with van der Waals surface area (Å²) in [5.41, 5.74) is 3.44. The van der Waals surface area contributed by atoms with Gasteiger partial charge in [-0.05, 0) is 28.8 Å². The highest BCUT2D eigenvalue weighted by molar-refractivity contribution is 5.98. The smallest absolute Gasteiger partial charge is 0.310 e. The normalized spacial score (nSPS) is 10.3. The molecule has 0 spiro atoms. The summed E-state index contributed by atoms with van der Waals surface area (Å²) in [5, 5.41) is 0. The maximum Gasteiger partial charge on any atom is 0.310 e. The van der Waals surface area contributed by atoms with E-state index in [0.717, 1.165) is 22.4 Å². The zero-order chi connectivity index (χ0) is 19.1. The molecule has 27 heavy (non-hydrogen) atoms. The maximum atomic E-state index is 12.2. The van der Waals surface area contributed by atoms with Crippen molar-refractivity contribution in [2.24, 2.45) is 0 Å². The Hall–Kier alpha value is -3.40. The van der Waals surface area contributed by atoms with Crippen molar-refractivity contribution in [3.05, 3.63) is 90.0 Å². The van der Waals surface area contributed by atoms with Crippen molar-refractivity contribution < 1.29 is 19.1 Å². The predicted molar refractivity (Wildman–Crippen MR) is 104 cm³/mol. The van der Waals surface area contributed by atoms with Crippen molar-refractivity contribution in [2.75, 3.05) is 13.7 Å². The molecule has 0 aliphatic rings. The molecule has 0 N–H and O–H groups in total. The van der Waals surface area contributed by atoms with Gasteiger partial charge in [-0.1, -0.05) is 66.7 Å². The molecular formula is C23H20O4. The van der Waals surface area contributed by atoms with E-state index in [9.17, 15) is 9.59 Å². The molecule has 0 fully saturated rings. The Morgan fingerprint density at radius 1 is 0.778 bits per heavy atom. The molecule has 0 saturated heterocycles. The molecule has 0 bridgehead atoms. The van der Waals surface area contributed by atoms with Crippen molar-refractivity contribution in [2.45, 2.75) is 6.42 Å². The molecule has 4 nitrogen and oxygen atoms in total. The fraction of sp³-hybridized carbons (Fsp3) is 0.130. The van der Waals surface area contributed by atoms with Crippen LogP contribution in [0.1, 0.15) is 15.9 Å². The molecule has 136 valence electrons. The first-order chi connectivity index (χ1) is 13.2. The highest BCUT2D eigenvalue weighted by atomic mass is 16.5. The first-order valence-electron chi connectivity index (χ1n) is 8.63. The summed E-state index contributed by atoms with van der Waals surface area (Å²) in [4.78, 5) is 24.2. The van der Waals surface area contributed by atoms with Crippen LogP contribution in [0, 0.1) is 0 Å². The zero-order valence-electron chi connectivity index (χ0n) is 15.1. The quantitative estimate of drug-likeness (QED) is 0.465. The van der Waals surface area contributed by atoms with Gasteiger partial charge in [0.2, 0.25) is 0 Å². The molecule has 0 atom stereocenters. The van der Waals surface area contributed by atoms with Gasteiger partial charge in [-0.2, -0.15) is 0 Å². The predicted octanol–water partition coefficient (Wildman–Crippen LogP) is 4.33. The lowest BCUT2D eigenvalue weighted by atomic mass is 10.0. The largest absolute Gasteiger partial charge is 0.497 e. The van der Waals surface area contributed by atoms with Crippen LogP contribution in [0.25, 0.3) is 11.1 Å². The Kier molecular flexibility index (Phi) is 6.00. The third kappa shape index (κ3) is 5.05. The van der Waals surface area contributed by atoms with Crippen LogP contribution in [0.2, 0.25) is 0 Å². The van der Waals surface area contributed by atoms with Crippen LogP contribution in [0.15, 0.2) is 78.9 Å². The van der Waals surface area contributed by atoms with E-state index in [4.69, 9.17) is 9.47 Å². The SMILES string of the molecule is COc1ccc(CC(=O)OCC(=O)c2ccc(-c3ccccc3)cc2)cc1. The molecule has 4 heteroatoms. The van der Waals surface area contributed by atoms with E-state index in [1.54, 1.807) is 43.5 Å². The summed E-state index contributed by atoms with van der Waals surface area (Å²) in [7, 11) is 1.58. The molecule has 0 aliphatic heterocycles. The highest BCUT2D eigenvalue weighted by Gasteiger charge is 2.11. The van der Waals surface area contributed by atoms with Crippen molar-refractivity contribution >= 4 is 11.8 Å². The van der Waals surface area contributed by atoms with Gasteiger partial charge in [0.15, 0.2) is 12.4 Å². The van der Waals surface area contributed by atoms with Crippen LogP contribution in [-0.4, -0.2) is 25.5 Å². The van der Waals surface area contributed by atoms with E-state index in [-0.39, 0.29) is 18.8 Å². The van der Waals surface area contributed by atoms with E-state index in [1.165, 1.54) is 0 Å². The molecule has 3 aromatic rings. The van der Waals surface area contributed by atoms with Gasteiger partial charge in [0, 0.05) is 5.56 Å². The molecule has 0 heterocycles. The number of esters is 1. The first kappa shape index (κ1) is 18.4. The number of carbonyl (C=O) groups is 2. The zero-order valence-corrected chi connectivity index (χ0v) is 15.1. The van der Waals surface area contributed by atoms with Crippen LogP contribution < -0.4 is 4.74 Å². The number of carbonyl (C=O) groups excluding carboxylic acids is 2. The third-order valence-corrected chi connectivity index (χ3v) is 4.19. The average Bonchev–Trinajstić information content (AvgIpc) is 2.73. The van der Waals surface area contributed by atoms with E-state index in [1.807, 2.05) is 42.5 Å². The average molecular weight is 360 g/mol. The minimum absolute atomic E-state index is 0.115. The van der Waals surface area contributed by atoms with Crippen molar-refractivity contribution in [1.82, 2.24) is 0 Å².